The van der Waals surface area contributed by atoms with Crippen LogP contribution in [0, 0.1) is 0 Å². The van der Waals surface area contributed by atoms with Gasteiger partial charge in [0.2, 0.25) is 0 Å². The summed E-state index contributed by atoms with van der Waals surface area (Å²) in [6.07, 6.45) is 1.59. The van der Waals surface area contributed by atoms with Gasteiger partial charge in [-0.05, 0) is 53.2 Å². The molecule has 2 aromatic carbocycles. The van der Waals surface area contributed by atoms with Gasteiger partial charge in [-0.25, -0.2) is 0 Å². The van der Waals surface area contributed by atoms with Gasteiger partial charge >= 0.3 is 0 Å². The van der Waals surface area contributed by atoms with E-state index in [4.69, 9.17) is 4.74 Å². The molecule has 0 spiro atoms. The Hall–Kier alpha value is -2.25. The summed E-state index contributed by atoms with van der Waals surface area (Å²) < 4.78 is 5.88. The number of imide groups is 1. The number of benzene rings is 2. The Kier molecular flexibility index (Phi) is 5.15. The Morgan fingerprint density at radius 2 is 2.04 bits per heavy atom. The molecule has 3 rings (SSSR count). The summed E-state index contributed by atoms with van der Waals surface area (Å²) >= 11 is 4.27. The minimum Gasteiger partial charge on any atom is -0.504 e. The van der Waals surface area contributed by atoms with Crippen LogP contribution in [0.1, 0.15) is 11.1 Å². The van der Waals surface area contributed by atoms with E-state index in [0.29, 0.717) is 16.2 Å². The number of halogens is 1. The highest BCUT2D eigenvalue weighted by Crippen LogP contribution is 2.35. The number of methoxy groups -OCH3 is 1. The zero-order valence-corrected chi connectivity index (χ0v) is 15.6. The van der Waals surface area contributed by atoms with E-state index in [1.165, 1.54) is 18.1 Å². The number of aromatic hydroxyl groups is 1. The Morgan fingerprint density at radius 1 is 1.24 bits per heavy atom. The van der Waals surface area contributed by atoms with Gasteiger partial charge in [0.05, 0.1) is 18.6 Å². The van der Waals surface area contributed by atoms with Gasteiger partial charge in [0.15, 0.2) is 11.5 Å². The van der Waals surface area contributed by atoms with Crippen molar-refractivity contribution in [3.8, 4) is 11.5 Å². The van der Waals surface area contributed by atoms with Crippen LogP contribution in [0.5, 0.6) is 11.5 Å². The lowest BCUT2D eigenvalue weighted by atomic mass is 10.1. The molecular formula is C18H14BrNO4S. The first-order chi connectivity index (χ1) is 12.0. The molecule has 1 N–H and O–H groups in total. The molecule has 2 aromatic rings. The number of hydrogen-bond acceptors (Lipinski definition) is 5. The zero-order valence-electron chi connectivity index (χ0n) is 13.2. The van der Waals surface area contributed by atoms with Crippen LogP contribution in [0.2, 0.25) is 0 Å². The molecule has 7 heteroatoms. The molecule has 1 aliphatic rings. The fraction of sp³-hybridized carbons (Fsp3) is 0.111. The lowest BCUT2D eigenvalue weighted by Gasteiger charge is -2.12. The van der Waals surface area contributed by atoms with Crippen molar-refractivity contribution >= 4 is 44.9 Å². The van der Waals surface area contributed by atoms with E-state index in [2.05, 4.69) is 15.9 Å². The lowest BCUT2D eigenvalue weighted by Crippen LogP contribution is -2.27. The molecule has 0 bridgehead atoms. The molecular weight excluding hydrogens is 406 g/mol. The highest BCUT2D eigenvalue weighted by atomic mass is 79.9. The Labute approximate surface area is 157 Å². The van der Waals surface area contributed by atoms with E-state index < -0.39 is 0 Å². The monoisotopic (exact) mass is 419 g/mol. The van der Waals surface area contributed by atoms with Crippen LogP contribution in [0.3, 0.4) is 0 Å². The molecule has 0 atom stereocenters. The van der Waals surface area contributed by atoms with Crippen LogP contribution in [-0.4, -0.2) is 28.3 Å². The van der Waals surface area contributed by atoms with Crippen molar-refractivity contribution in [3.63, 3.8) is 0 Å². The van der Waals surface area contributed by atoms with Crippen LogP contribution < -0.4 is 4.74 Å². The molecule has 0 aromatic heterocycles. The molecule has 1 heterocycles. The number of phenols is 1. The average molecular weight is 420 g/mol. The van der Waals surface area contributed by atoms with E-state index in [-0.39, 0.29) is 23.4 Å². The van der Waals surface area contributed by atoms with Crippen LogP contribution >= 0.6 is 27.7 Å². The molecule has 0 radical (unpaired) electrons. The molecule has 1 aliphatic heterocycles. The average Bonchev–Trinajstić information content (AvgIpc) is 2.83. The minimum atomic E-state index is -0.342. The van der Waals surface area contributed by atoms with Crippen molar-refractivity contribution in [1.29, 1.82) is 0 Å². The molecule has 1 saturated heterocycles. The van der Waals surface area contributed by atoms with E-state index in [0.717, 1.165) is 21.8 Å². The third-order valence-electron chi connectivity index (χ3n) is 3.60. The van der Waals surface area contributed by atoms with Crippen LogP contribution in [-0.2, 0) is 11.3 Å². The summed E-state index contributed by atoms with van der Waals surface area (Å²) in [5.41, 5.74) is 1.48. The number of rotatable bonds is 4. The highest BCUT2D eigenvalue weighted by Gasteiger charge is 2.35. The van der Waals surface area contributed by atoms with E-state index in [1.54, 1.807) is 18.2 Å². The van der Waals surface area contributed by atoms with Crippen molar-refractivity contribution in [2.75, 3.05) is 7.11 Å². The topological polar surface area (TPSA) is 66.8 Å². The maximum absolute atomic E-state index is 12.5. The van der Waals surface area contributed by atoms with Crippen molar-refractivity contribution in [2.45, 2.75) is 6.54 Å². The fourth-order valence-electron chi connectivity index (χ4n) is 2.40. The lowest BCUT2D eigenvalue weighted by molar-refractivity contribution is -0.123. The van der Waals surface area contributed by atoms with E-state index >= 15 is 0 Å². The first-order valence-electron chi connectivity index (χ1n) is 7.35. The largest absolute Gasteiger partial charge is 0.504 e. The number of carbonyl (C=O) groups is 2. The van der Waals surface area contributed by atoms with Crippen molar-refractivity contribution in [3.05, 3.63) is 63.0 Å². The number of thioether (sulfide) groups is 1. The number of carbonyl (C=O) groups excluding carboxylic acids is 2. The van der Waals surface area contributed by atoms with Gasteiger partial charge in [0, 0.05) is 4.47 Å². The molecule has 25 heavy (non-hydrogen) atoms. The van der Waals surface area contributed by atoms with Gasteiger partial charge < -0.3 is 9.84 Å². The number of phenolic OH excluding ortho intramolecular Hbond substituents is 1. The molecule has 5 nitrogen and oxygen atoms in total. The van der Waals surface area contributed by atoms with Gasteiger partial charge in [-0.2, -0.15) is 0 Å². The number of nitrogens with zero attached hydrogens (tertiary/aromatic N) is 1. The molecule has 0 unspecified atom stereocenters. The van der Waals surface area contributed by atoms with Gasteiger partial charge in [-0.1, -0.05) is 34.1 Å². The first kappa shape index (κ1) is 17.6. The molecule has 128 valence electrons. The van der Waals surface area contributed by atoms with Crippen molar-refractivity contribution < 1.29 is 19.4 Å². The fourth-order valence-corrected chi connectivity index (χ4v) is 3.69. The summed E-state index contributed by atoms with van der Waals surface area (Å²) in [4.78, 5) is 26.3. The summed E-state index contributed by atoms with van der Waals surface area (Å²) in [7, 11) is 1.46. The molecule has 0 saturated carbocycles. The van der Waals surface area contributed by atoms with Crippen LogP contribution in [0.4, 0.5) is 4.79 Å². The Bertz CT molecular complexity index is 881. The summed E-state index contributed by atoms with van der Waals surface area (Å²) in [5.74, 6) is -0.0187. The quantitative estimate of drug-likeness (QED) is 0.743. The number of ether oxygens (including phenoxy) is 1. The van der Waals surface area contributed by atoms with Crippen LogP contribution in [0.15, 0.2) is 51.8 Å². The summed E-state index contributed by atoms with van der Waals surface area (Å²) in [6.45, 7) is 0.218. The predicted octanol–water partition coefficient (Wildman–Crippen LogP) is 4.40. The Balaban J connectivity index is 1.82. The van der Waals surface area contributed by atoms with E-state index in [9.17, 15) is 14.7 Å². The van der Waals surface area contributed by atoms with Gasteiger partial charge in [0.1, 0.15) is 0 Å². The Morgan fingerprint density at radius 3 is 2.72 bits per heavy atom. The molecule has 0 aliphatic carbocycles. The third-order valence-corrected chi connectivity index (χ3v) is 5.00. The standard InChI is InChI=1S/C18H14BrNO4S/c1-24-15-6-5-11(8-14(15)21)9-16-17(22)20(18(23)25-16)10-12-3-2-4-13(19)7-12/h2-9,21H,10H2,1H3/b16-9+. The highest BCUT2D eigenvalue weighted by molar-refractivity contribution is 9.10. The zero-order chi connectivity index (χ0) is 18.0. The maximum atomic E-state index is 12.5. The third kappa shape index (κ3) is 3.88. The summed E-state index contributed by atoms with van der Waals surface area (Å²) in [5, 5.41) is 9.52. The first-order valence-corrected chi connectivity index (χ1v) is 8.95. The molecule has 1 fully saturated rings. The minimum absolute atomic E-state index is 0.0235. The number of hydrogen-bond donors (Lipinski definition) is 1. The SMILES string of the molecule is COc1ccc(/C=C2/SC(=O)N(Cc3cccc(Br)c3)C2=O)cc1O. The van der Waals surface area contributed by atoms with E-state index in [1.807, 2.05) is 24.3 Å². The smallest absolute Gasteiger partial charge is 0.293 e. The van der Waals surface area contributed by atoms with Crippen molar-refractivity contribution in [2.24, 2.45) is 0 Å². The van der Waals surface area contributed by atoms with Gasteiger partial charge in [-0.3, -0.25) is 14.5 Å². The second-order valence-electron chi connectivity index (χ2n) is 5.33. The van der Waals surface area contributed by atoms with Crippen molar-refractivity contribution in [1.82, 2.24) is 4.90 Å². The second-order valence-corrected chi connectivity index (χ2v) is 7.24. The van der Waals surface area contributed by atoms with Gasteiger partial charge in [0.25, 0.3) is 11.1 Å². The maximum Gasteiger partial charge on any atom is 0.293 e. The van der Waals surface area contributed by atoms with Crippen LogP contribution in [0.25, 0.3) is 6.08 Å². The summed E-state index contributed by atoms with van der Waals surface area (Å²) in [6, 6.07) is 12.3. The second kappa shape index (κ2) is 7.33. The van der Waals surface area contributed by atoms with Gasteiger partial charge in [-0.15, -0.1) is 0 Å². The molecule has 2 amide bonds. The predicted molar refractivity (Wildman–Crippen MR) is 100 cm³/mol. The normalized spacial score (nSPS) is 15.9. The number of amides is 2.